The zero-order chi connectivity index (χ0) is 13.2. The van der Waals surface area contributed by atoms with Crippen LogP contribution in [-0.4, -0.2) is 43.5 Å². The highest BCUT2D eigenvalue weighted by molar-refractivity contribution is 7.92. The Kier molecular flexibility index (Phi) is 4.70. The van der Waals surface area contributed by atoms with Crippen molar-refractivity contribution in [3.63, 3.8) is 0 Å². The molecular weight excluding hydrogens is 246 g/mol. The molecule has 0 aromatic rings. The molecule has 0 spiro atoms. The fourth-order valence-corrected chi connectivity index (χ4v) is 4.45. The van der Waals surface area contributed by atoms with Gasteiger partial charge in [-0.2, -0.15) is 0 Å². The summed E-state index contributed by atoms with van der Waals surface area (Å²) in [6.07, 6.45) is 8.00. The number of hydrogen-bond donors (Lipinski definition) is 0. The van der Waals surface area contributed by atoms with Gasteiger partial charge in [0.05, 0.1) is 11.0 Å². The van der Waals surface area contributed by atoms with E-state index in [-0.39, 0.29) is 5.25 Å². The minimum Gasteiger partial charge on any atom is -0.299 e. The Hall–Kier alpha value is -0.0900. The normalized spacial score (nSPS) is 27.4. The zero-order valence-corrected chi connectivity index (χ0v) is 12.6. The summed E-state index contributed by atoms with van der Waals surface area (Å²) < 4.78 is 23.8. The van der Waals surface area contributed by atoms with E-state index < -0.39 is 9.84 Å². The Labute approximate surface area is 112 Å². The quantitative estimate of drug-likeness (QED) is 0.772. The molecule has 1 aliphatic heterocycles. The molecule has 0 unspecified atom stereocenters. The SMILES string of the molecule is CC(C)S(=O)(=O)CCN1CCC[C@H]1C1CCCC1. The molecule has 0 radical (unpaired) electrons. The summed E-state index contributed by atoms with van der Waals surface area (Å²) in [7, 11) is -2.87. The second-order valence-corrected chi connectivity index (χ2v) is 8.88. The van der Waals surface area contributed by atoms with Gasteiger partial charge in [0.15, 0.2) is 9.84 Å². The minimum absolute atomic E-state index is 0.231. The van der Waals surface area contributed by atoms with Crippen LogP contribution in [0.3, 0.4) is 0 Å². The standard InChI is InChI=1S/C14H27NO2S/c1-12(2)18(16,17)11-10-15-9-5-8-14(15)13-6-3-4-7-13/h12-14H,3-11H2,1-2H3/t14-/m0/s1. The maximum absolute atomic E-state index is 11.9. The molecule has 2 fully saturated rings. The number of hydrogen-bond acceptors (Lipinski definition) is 3. The Morgan fingerprint density at radius 3 is 2.39 bits per heavy atom. The average molecular weight is 273 g/mol. The van der Waals surface area contributed by atoms with Gasteiger partial charge >= 0.3 is 0 Å². The molecule has 0 aromatic carbocycles. The van der Waals surface area contributed by atoms with E-state index in [0.717, 1.165) is 19.0 Å². The third kappa shape index (κ3) is 3.27. The predicted octanol–water partition coefficient (Wildman–Crippen LogP) is 2.46. The van der Waals surface area contributed by atoms with Crippen LogP contribution in [-0.2, 0) is 9.84 Å². The van der Waals surface area contributed by atoms with E-state index in [1.807, 2.05) is 0 Å². The molecule has 1 atom stereocenters. The van der Waals surface area contributed by atoms with E-state index >= 15 is 0 Å². The first-order chi connectivity index (χ1) is 8.50. The highest BCUT2D eigenvalue weighted by atomic mass is 32.2. The van der Waals surface area contributed by atoms with Gasteiger partial charge < -0.3 is 0 Å². The van der Waals surface area contributed by atoms with Crippen molar-refractivity contribution in [2.75, 3.05) is 18.8 Å². The van der Waals surface area contributed by atoms with Gasteiger partial charge in [0.1, 0.15) is 0 Å². The van der Waals surface area contributed by atoms with Crippen molar-refractivity contribution in [3.05, 3.63) is 0 Å². The highest BCUT2D eigenvalue weighted by Gasteiger charge is 2.33. The third-order valence-electron chi connectivity index (χ3n) is 4.74. The lowest BCUT2D eigenvalue weighted by molar-refractivity contribution is 0.200. The van der Waals surface area contributed by atoms with Gasteiger partial charge in [-0.1, -0.05) is 12.8 Å². The summed E-state index contributed by atoms with van der Waals surface area (Å²) in [5.74, 6) is 1.18. The van der Waals surface area contributed by atoms with Crippen LogP contribution in [0.4, 0.5) is 0 Å². The highest BCUT2D eigenvalue weighted by Crippen LogP contribution is 2.35. The smallest absolute Gasteiger partial charge is 0.153 e. The van der Waals surface area contributed by atoms with Crippen LogP contribution >= 0.6 is 0 Å². The Morgan fingerprint density at radius 1 is 1.11 bits per heavy atom. The van der Waals surface area contributed by atoms with E-state index in [1.54, 1.807) is 13.8 Å². The molecular formula is C14H27NO2S. The lowest BCUT2D eigenvalue weighted by Gasteiger charge is -2.29. The lowest BCUT2D eigenvalue weighted by atomic mass is 9.96. The lowest BCUT2D eigenvalue weighted by Crippen LogP contribution is -2.38. The average Bonchev–Trinajstić information content (AvgIpc) is 2.96. The third-order valence-corrected chi connectivity index (χ3v) is 6.93. The van der Waals surface area contributed by atoms with Crippen molar-refractivity contribution in [2.24, 2.45) is 5.92 Å². The van der Waals surface area contributed by atoms with E-state index in [4.69, 9.17) is 0 Å². The van der Waals surface area contributed by atoms with Crippen LogP contribution in [0.15, 0.2) is 0 Å². The summed E-state index contributed by atoms with van der Waals surface area (Å²) in [6, 6.07) is 0.676. The molecule has 1 aliphatic carbocycles. The molecule has 18 heavy (non-hydrogen) atoms. The summed E-state index contributed by atoms with van der Waals surface area (Å²) in [4.78, 5) is 2.45. The van der Waals surface area contributed by atoms with Gasteiger partial charge in [-0.05, 0) is 52.0 Å². The Morgan fingerprint density at radius 2 is 1.78 bits per heavy atom. The molecule has 2 rings (SSSR count). The fourth-order valence-electron chi connectivity index (χ4n) is 3.49. The van der Waals surface area contributed by atoms with Gasteiger partial charge in [-0.15, -0.1) is 0 Å². The number of sulfone groups is 1. The first kappa shape index (κ1) is 14.3. The molecule has 2 aliphatic rings. The van der Waals surface area contributed by atoms with E-state index in [2.05, 4.69) is 4.90 Å². The van der Waals surface area contributed by atoms with Gasteiger partial charge in [0.25, 0.3) is 0 Å². The minimum atomic E-state index is -2.87. The van der Waals surface area contributed by atoms with Gasteiger partial charge in [0, 0.05) is 12.6 Å². The number of nitrogens with zero attached hydrogens (tertiary/aromatic N) is 1. The molecule has 0 bridgehead atoms. The molecule has 0 amide bonds. The van der Waals surface area contributed by atoms with Crippen molar-refractivity contribution < 1.29 is 8.42 Å². The largest absolute Gasteiger partial charge is 0.299 e. The van der Waals surface area contributed by atoms with Crippen LogP contribution in [0.1, 0.15) is 52.4 Å². The van der Waals surface area contributed by atoms with Crippen molar-refractivity contribution in [3.8, 4) is 0 Å². The Balaban J connectivity index is 1.88. The molecule has 0 N–H and O–H groups in total. The van der Waals surface area contributed by atoms with Gasteiger partial charge in [0.2, 0.25) is 0 Å². The molecule has 3 nitrogen and oxygen atoms in total. The molecule has 1 heterocycles. The summed E-state index contributed by atoms with van der Waals surface area (Å²) in [5, 5.41) is -0.231. The molecule has 4 heteroatoms. The maximum Gasteiger partial charge on any atom is 0.153 e. The summed E-state index contributed by atoms with van der Waals surface area (Å²) >= 11 is 0. The molecule has 1 saturated carbocycles. The van der Waals surface area contributed by atoms with E-state index in [9.17, 15) is 8.42 Å². The number of likely N-dealkylation sites (tertiary alicyclic amines) is 1. The molecule has 106 valence electrons. The van der Waals surface area contributed by atoms with E-state index in [1.165, 1.54) is 38.5 Å². The van der Waals surface area contributed by atoms with Crippen LogP contribution in [0.5, 0.6) is 0 Å². The first-order valence-corrected chi connectivity index (χ1v) is 9.18. The van der Waals surface area contributed by atoms with E-state index in [0.29, 0.717) is 11.8 Å². The van der Waals surface area contributed by atoms with Crippen molar-refractivity contribution >= 4 is 9.84 Å². The van der Waals surface area contributed by atoms with Crippen LogP contribution in [0.25, 0.3) is 0 Å². The predicted molar refractivity (Wildman–Crippen MR) is 75.5 cm³/mol. The van der Waals surface area contributed by atoms with Crippen LogP contribution in [0, 0.1) is 5.92 Å². The first-order valence-electron chi connectivity index (χ1n) is 7.46. The van der Waals surface area contributed by atoms with Crippen molar-refractivity contribution in [1.29, 1.82) is 0 Å². The maximum atomic E-state index is 11.9. The van der Waals surface area contributed by atoms with Crippen molar-refractivity contribution in [2.45, 2.75) is 63.7 Å². The molecule has 0 aromatic heterocycles. The van der Waals surface area contributed by atoms with Crippen LogP contribution in [0.2, 0.25) is 0 Å². The van der Waals surface area contributed by atoms with Gasteiger partial charge in [-0.3, -0.25) is 4.90 Å². The summed E-state index contributed by atoms with van der Waals surface area (Å²) in [6.45, 7) is 5.43. The zero-order valence-electron chi connectivity index (χ0n) is 11.8. The second kappa shape index (κ2) is 5.91. The number of rotatable bonds is 5. The topological polar surface area (TPSA) is 37.4 Å². The molecule has 1 saturated heterocycles. The van der Waals surface area contributed by atoms with Crippen molar-refractivity contribution in [1.82, 2.24) is 4.90 Å². The summed E-state index contributed by atoms with van der Waals surface area (Å²) in [5.41, 5.74) is 0. The Bertz CT molecular complexity index is 358. The van der Waals surface area contributed by atoms with Gasteiger partial charge in [-0.25, -0.2) is 8.42 Å². The second-order valence-electron chi connectivity index (χ2n) is 6.21. The van der Waals surface area contributed by atoms with Crippen LogP contribution < -0.4 is 0 Å². The monoisotopic (exact) mass is 273 g/mol. The fraction of sp³-hybridized carbons (Fsp3) is 1.00.